The smallest absolute Gasteiger partial charge is 0.241 e. The van der Waals surface area contributed by atoms with Crippen LogP contribution in [0.3, 0.4) is 0 Å². The summed E-state index contributed by atoms with van der Waals surface area (Å²) in [6.45, 7) is 7.41. The van der Waals surface area contributed by atoms with E-state index in [-0.39, 0.29) is 36.4 Å². The SMILES string of the molecule is Cc1ccc(CN=C(NCC(=O)N(C)C)NCC2CCOC2)c(C)c1.I. The number of benzene rings is 1. The van der Waals surface area contributed by atoms with Crippen LogP contribution in [0.1, 0.15) is 23.1 Å². The predicted octanol–water partition coefficient (Wildman–Crippen LogP) is 2.08. The Kier molecular flexibility index (Phi) is 9.93. The minimum absolute atomic E-state index is 0. The zero-order chi connectivity index (χ0) is 18.2. The van der Waals surface area contributed by atoms with Crippen molar-refractivity contribution in [1.29, 1.82) is 0 Å². The molecule has 1 unspecified atom stereocenters. The Morgan fingerprint density at radius 2 is 2.08 bits per heavy atom. The van der Waals surface area contributed by atoms with Crippen molar-refractivity contribution in [2.75, 3.05) is 40.4 Å². The van der Waals surface area contributed by atoms with Crippen molar-refractivity contribution in [2.24, 2.45) is 10.9 Å². The summed E-state index contributed by atoms with van der Waals surface area (Å²) < 4.78 is 5.41. The Labute approximate surface area is 173 Å². The average Bonchev–Trinajstić information content (AvgIpc) is 3.08. The van der Waals surface area contributed by atoms with E-state index >= 15 is 0 Å². The zero-order valence-electron chi connectivity index (χ0n) is 16.2. The van der Waals surface area contributed by atoms with Gasteiger partial charge in [-0.3, -0.25) is 4.79 Å². The highest BCUT2D eigenvalue weighted by atomic mass is 127. The van der Waals surface area contributed by atoms with Crippen LogP contribution in [0.2, 0.25) is 0 Å². The first-order valence-corrected chi connectivity index (χ1v) is 8.82. The van der Waals surface area contributed by atoms with Gasteiger partial charge in [0.15, 0.2) is 5.96 Å². The van der Waals surface area contributed by atoms with Gasteiger partial charge in [-0.2, -0.15) is 0 Å². The molecule has 1 heterocycles. The maximum Gasteiger partial charge on any atom is 0.241 e. The van der Waals surface area contributed by atoms with Gasteiger partial charge in [0.2, 0.25) is 5.91 Å². The third-order valence-corrected chi connectivity index (χ3v) is 4.39. The van der Waals surface area contributed by atoms with Gasteiger partial charge in [-0.05, 0) is 31.4 Å². The molecule has 1 aromatic carbocycles. The van der Waals surface area contributed by atoms with Gasteiger partial charge in [0.25, 0.3) is 0 Å². The van der Waals surface area contributed by atoms with E-state index in [1.807, 2.05) is 0 Å². The number of hydrogen-bond acceptors (Lipinski definition) is 3. The first-order chi connectivity index (χ1) is 12.0. The van der Waals surface area contributed by atoms with Gasteiger partial charge in [0.1, 0.15) is 0 Å². The molecular formula is C19H31IN4O2. The number of guanidine groups is 1. The highest BCUT2D eigenvalue weighted by Crippen LogP contribution is 2.12. The van der Waals surface area contributed by atoms with Crippen molar-refractivity contribution >= 4 is 35.8 Å². The quantitative estimate of drug-likeness (QED) is 0.377. The van der Waals surface area contributed by atoms with Gasteiger partial charge >= 0.3 is 0 Å². The Balaban J connectivity index is 0.00000338. The Morgan fingerprint density at radius 3 is 2.69 bits per heavy atom. The average molecular weight is 474 g/mol. The van der Waals surface area contributed by atoms with Crippen LogP contribution in [-0.2, 0) is 16.1 Å². The summed E-state index contributed by atoms with van der Waals surface area (Å²) in [4.78, 5) is 18.1. The third-order valence-electron chi connectivity index (χ3n) is 4.39. The Morgan fingerprint density at radius 1 is 1.31 bits per heavy atom. The highest BCUT2D eigenvalue weighted by molar-refractivity contribution is 14.0. The van der Waals surface area contributed by atoms with Crippen LogP contribution in [0.15, 0.2) is 23.2 Å². The maximum absolute atomic E-state index is 11.8. The fraction of sp³-hybridized carbons (Fsp3) is 0.579. The molecule has 0 spiro atoms. The molecule has 2 rings (SSSR count). The topological polar surface area (TPSA) is 66.0 Å². The van der Waals surface area contributed by atoms with Crippen molar-refractivity contribution in [2.45, 2.75) is 26.8 Å². The van der Waals surface area contributed by atoms with Gasteiger partial charge < -0.3 is 20.3 Å². The fourth-order valence-electron chi connectivity index (χ4n) is 2.66. The second kappa shape index (κ2) is 11.4. The lowest BCUT2D eigenvalue weighted by molar-refractivity contribution is -0.127. The van der Waals surface area contributed by atoms with E-state index in [0.29, 0.717) is 18.4 Å². The van der Waals surface area contributed by atoms with E-state index in [4.69, 9.17) is 4.74 Å². The number of likely N-dealkylation sites (N-methyl/N-ethyl adjacent to an activating group) is 1. The zero-order valence-corrected chi connectivity index (χ0v) is 18.5. The Hall–Kier alpha value is -1.35. The lowest BCUT2D eigenvalue weighted by Crippen LogP contribution is -2.44. The van der Waals surface area contributed by atoms with Crippen LogP contribution in [0.4, 0.5) is 0 Å². The standard InChI is InChI=1S/C19H30N4O2.HI/c1-14-5-6-17(15(2)9-14)11-21-19(22-12-18(24)23(3)4)20-10-16-7-8-25-13-16;/h5-6,9,16H,7-8,10-13H2,1-4H3,(H2,20,21,22);1H. The molecule has 1 aliphatic rings. The summed E-state index contributed by atoms with van der Waals surface area (Å²) in [5.74, 6) is 1.19. The normalized spacial score (nSPS) is 16.8. The van der Waals surface area contributed by atoms with Gasteiger partial charge in [-0.1, -0.05) is 23.8 Å². The lowest BCUT2D eigenvalue weighted by Gasteiger charge is -2.17. The first kappa shape index (κ1) is 22.7. The molecule has 6 nitrogen and oxygen atoms in total. The van der Waals surface area contributed by atoms with Crippen LogP contribution in [-0.4, -0.2) is 57.2 Å². The molecule has 0 bridgehead atoms. The molecule has 0 aromatic heterocycles. The van der Waals surface area contributed by atoms with Crippen LogP contribution >= 0.6 is 24.0 Å². The first-order valence-electron chi connectivity index (χ1n) is 8.82. The lowest BCUT2D eigenvalue weighted by atomic mass is 10.1. The maximum atomic E-state index is 11.8. The van der Waals surface area contributed by atoms with E-state index in [9.17, 15) is 4.79 Å². The number of aryl methyl sites for hydroxylation is 2. The molecule has 7 heteroatoms. The number of nitrogens with zero attached hydrogens (tertiary/aromatic N) is 2. The van der Waals surface area contributed by atoms with E-state index in [1.54, 1.807) is 19.0 Å². The van der Waals surface area contributed by atoms with Gasteiger partial charge in [0, 0.05) is 33.2 Å². The molecule has 0 saturated carbocycles. The van der Waals surface area contributed by atoms with Crippen molar-refractivity contribution in [3.8, 4) is 0 Å². The molecule has 146 valence electrons. The largest absolute Gasteiger partial charge is 0.381 e. The van der Waals surface area contributed by atoms with E-state index in [1.165, 1.54) is 16.7 Å². The summed E-state index contributed by atoms with van der Waals surface area (Å²) in [5, 5.41) is 6.48. The number of nitrogens with one attached hydrogen (secondary N) is 2. The number of halogens is 1. The molecule has 1 aromatic rings. The van der Waals surface area contributed by atoms with Gasteiger partial charge in [0.05, 0.1) is 19.7 Å². The number of aliphatic imine (C=N–C) groups is 1. The fourth-order valence-corrected chi connectivity index (χ4v) is 2.66. The monoisotopic (exact) mass is 474 g/mol. The van der Waals surface area contributed by atoms with Crippen LogP contribution < -0.4 is 10.6 Å². The van der Waals surface area contributed by atoms with E-state index in [2.05, 4.69) is 47.7 Å². The molecule has 0 radical (unpaired) electrons. The highest BCUT2D eigenvalue weighted by Gasteiger charge is 2.16. The van der Waals surface area contributed by atoms with Crippen LogP contribution in [0.5, 0.6) is 0 Å². The molecule has 1 atom stereocenters. The molecule has 0 aliphatic carbocycles. The summed E-state index contributed by atoms with van der Waals surface area (Å²) in [6.07, 6.45) is 1.06. The predicted molar refractivity (Wildman–Crippen MR) is 116 cm³/mol. The van der Waals surface area contributed by atoms with Crippen molar-refractivity contribution in [3.63, 3.8) is 0 Å². The summed E-state index contributed by atoms with van der Waals surface area (Å²) in [5.41, 5.74) is 3.67. The van der Waals surface area contributed by atoms with E-state index < -0.39 is 0 Å². The van der Waals surface area contributed by atoms with Crippen LogP contribution in [0.25, 0.3) is 0 Å². The van der Waals surface area contributed by atoms with Crippen molar-refractivity contribution < 1.29 is 9.53 Å². The minimum Gasteiger partial charge on any atom is -0.381 e. The molecule has 2 N–H and O–H groups in total. The summed E-state index contributed by atoms with van der Waals surface area (Å²) in [6, 6.07) is 6.38. The van der Waals surface area contributed by atoms with Crippen molar-refractivity contribution in [1.82, 2.24) is 15.5 Å². The number of rotatable bonds is 6. The Bertz CT molecular complexity index is 614. The van der Waals surface area contributed by atoms with Gasteiger partial charge in [-0.25, -0.2) is 4.99 Å². The number of amides is 1. The molecule has 1 aliphatic heterocycles. The van der Waals surface area contributed by atoms with Crippen LogP contribution in [0, 0.1) is 19.8 Å². The van der Waals surface area contributed by atoms with Crippen molar-refractivity contribution in [3.05, 3.63) is 34.9 Å². The number of carbonyl (C=O) groups is 1. The minimum atomic E-state index is 0. The molecule has 1 saturated heterocycles. The molecule has 1 fully saturated rings. The number of ether oxygens (including phenoxy) is 1. The molecular weight excluding hydrogens is 443 g/mol. The van der Waals surface area contributed by atoms with Gasteiger partial charge in [-0.15, -0.1) is 24.0 Å². The summed E-state index contributed by atoms with van der Waals surface area (Å²) in [7, 11) is 3.50. The second-order valence-electron chi connectivity index (χ2n) is 6.85. The second-order valence-corrected chi connectivity index (χ2v) is 6.85. The van der Waals surface area contributed by atoms with E-state index in [0.717, 1.165) is 26.2 Å². The number of hydrogen-bond donors (Lipinski definition) is 2. The third kappa shape index (κ3) is 7.49. The summed E-state index contributed by atoms with van der Waals surface area (Å²) >= 11 is 0. The molecule has 1 amide bonds. The molecule has 26 heavy (non-hydrogen) atoms. The number of carbonyl (C=O) groups excluding carboxylic acids is 1.